The van der Waals surface area contributed by atoms with Crippen molar-refractivity contribution in [2.45, 2.75) is 43.8 Å². The molecule has 3 aliphatic carbocycles. The SMILES string of the molecule is CC12CC=CC=C1c1ccc(N(c3ccccc3)C3CC=Cc4c3n(C3C=CC(c5ccccc5)=CC3)c3ccccc43)cc1N2c1ccc2ccccc2c1. The minimum Gasteiger partial charge on any atom is -0.335 e. The van der Waals surface area contributed by atoms with E-state index in [1.54, 1.807) is 0 Å². The molecule has 0 amide bonds. The third-order valence-electron chi connectivity index (χ3n) is 12.6. The van der Waals surface area contributed by atoms with Gasteiger partial charge in [-0.25, -0.2) is 0 Å². The van der Waals surface area contributed by atoms with Gasteiger partial charge >= 0.3 is 0 Å². The highest BCUT2D eigenvalue weighted by Gasteiger charge is 2.45. The Bertz CT molecular complexity index is 2820. The first-order valence-corrected chi connectivity index (χ1v) is 20.0. The quantitative estimate of drug-likeness (QED) is 0.169. The van der Waals surface area contributed by atoms with Crippen LogP contribution in [-0.4, -0.2) is 10.1 Å². The number of benzene rings is 6. The standard InChI is InChI=1S/C53H43N3/c1-53-34-13-12-23-48(53)47-33-32-43(36-51(47)56(53)44-31-28-38-17-8-9-18-40(38)35-44)54(41-19-6-3-7-20-41)50-25-14-22-46-45-21-10-11-24-49(45)55(52(46)50)42-29-26-39(27-30-42)37-15-4-2-5-16-37/h2-24,26-29,31-33,35-36,42,50H,25,30,34H2,1H3. The van der Waals surface area contributed by atoms with Gasteiger partial charge in [-0.15, -0.1) is 0 Å². The monoisotopic (exact) mass is 721 g/mol. The Morgan fingerprint density at radius 3 is 2.30 bits per heavy atom. The van der Waals surface area contributed by atoms with Gasteiger partial charge in [0.25, 0.3) is 0 Å². The second-order valence-corrected chi connectivity index (χ2v) is 15.8. The van der Waals surface area contributed by atoms with Gasteiger partial charge in [-0.05, 0) is 96.1 Å². The van der Waals surface area contributed by atoms with Crippen LogP contribution < -0.4 is 9.80 Å². The molecule has 1 aliphatic heterocycles. The fourth-order valence-corrected chi connectivity index (χ4v) is 10.0. The number of aromatic nitrogens is 1. The summed E-state index contributed by atoms with van der Waals surface area (Å²) < 4.78 is 2.66. The largest absolute Gasteiger partial charge is 0.335 e. The third-order valence-corrected chi connectivity index (χ3v) is 12.6. The summed E-state index contributed by atoms with van der Waals surface area (Å²) in [5, 5.41) is 3.84. The molecule has 6 aromatic carbocycles. The lowest BCUT2D eigenvalue weighted by atomic mass is 9.83. The van der Waals surface area contributed by atoms with Gasteiger partial charge in [0.1, 0.15) is 0 Å². The van der Waals surface area contributed by atoms with Crippen molar-refractivity contribution in [1.82, 2.24) is 4.57 Å². The molecule has 270 valence electrons. The molecule has 0 spiro atoms. The Kier molecular flexibility index (Phi) is 7.63. The Balaban J connectivity index is 1.08. The molecule has 1 aromatic heterocycles. The summed E-state index contributed by atoms with van der Waals surface area (Å²) in [6, 6.07) is 54.0. The van der Waals surface area contributed by atoms with Gasteiger partial charge in [0.2, 0.25) is 0 Å². The molecule has 0 saturated heterocycles. The van der Waals surface area contributed by atoms with Crippen molar-refractivity contribution < 1.29 is 0 Å². The lowest BCUT2D eigenvalue weighted by Gasteiger charge is -2.40. The van der Waals surface area contributed by atoms with E-state index in [4.69, 9.17) is 0 Å². The zero-order valence-corrected chi connectivity index (χ0v) is 31.6. The van der Waals surface area contributed by atoms with Crippen molar-refractivity contribution in [3.05, 3.63) is 211 Å². The van der Waals surface area contributed by atoms with Crippen LogP contribution in [0.3, 0.4) is 0 Å². The first kappa shape index (κ1) is 32.8. The molecule has 3 unspecified atom stereocenters. The van der Waals surface area contributed by atoms with E-state index in [0.717, 1.165) is 19.3 Å². The minimum absolute atomic E-state index is 0.0741. The smallest absolute Gasteiger partial charge is 0.0783 e. The summed E-state index contributed by atoms with van der Waals surface area (Å²) in [7, 11) is 0. The maximum atomic E-state index is 2.66. The van der Waals surface area contributed by atoms with Crippen molar-refractivity contribution in [3.8, 4) is 0 Å². The number of para-hydroxylation sites is 2. The van der Waals surface area contributed by atoms with Crippen LogP contribution in [0.25, 0.3) is 38.9 Å². The molecule has 11 rings (SSSR count). The number of anilines is 4. The highest BCUT2D eigenvalue weighted by molar-refractivity contribution is 5.99. The van der Waals surface area contributed by atoms with Crippen LogP contribution in [0.15, 0.2) is 188 Å². The summed E-state index contributed by atoms with van der Waals surface area (Å²) in [4.78, 5) is 5.23. The number of hydrogen-bond acceptors (Lipinski definition) is 2. The first-order valence-electron chi connectivity index (χ1n) is 20.0. The highest BCUT2D eigenvalue weighted by atomic mass is 15.2. The van der Waals surface area contributed by atoms with Gasteiger partial charge < -0.3 is 14.4 Å². The van der Waals surface area contributed by atoms with Crippen LogP contribution in [-0.2, 0) is 0 Å². The first-order chi connectivity index (χ1) is 27.7. The van der Waals surface area contributed by atoms with E-state index in [-0.39, 0.29) is 17.6 Å². The van der Waals surface area contributed by atoms with E-state index in [1.165, 1.54) is 78.0 Å². The van der Waals surface area contributed by atoms with Crippen LogP contribution in [0.4, 0.5) is 22.7 Å². The average Bonchev–Trinajstić information content (AvgIpc) is 3.74. The second-order valence-electron chi connectivity index (χ2n) is 15.8. The number of nitrogens with zero attached hydrogens (tertiary/aromatic N) is 3. The van der Waals surface area contributed by atoms with Crippen LogP contribution in [0.5, 0.6) is 0 Å². The van der Waals surface area contributed by atoms with Gasteiger partial charge in [0.15, 0.2) is 0 Å². The zero-order valence-electron chi connectivity index (χ0n) is 31.6. The van der Waals surface area contributed by atoms with E-state index in [2.05, 4.69) is 215 Å². The van der Waals surface area contributed by atoms with Gasteiger partial charge in [0, 0.05) is 44.8 Å². The molecule has 0 fully saturated rings. The summed E-state index contributed by atoms with van der Waals surface area (Å²) in [6.45, 7) is 2.41. The molecule has 3 heteroatoms. The maximum absolute atomic E-state index is 2.66. The lowest BCUT2D eigenvalue weighted by molar-refractivity contribution is 0.556. The molecule has 2 heterocycles. The molecule has 56 heavy (non-hydrogen) atoms. The van der Waals surface area contributed by atoms with Crippen LogP contribution in [0.1, 0.15) is 60.7 Å². The summed E-state index contributed by atoms with van der Waals surface area (Å²) in [6.07, 6.45) is 21.6. The predicted octanol–water partition coefficient (Wildman–Crippen LogP) is 13.9. The minimum atomic E-state index is -0.192. The van der Waals surface area contributed by atoms with E-state index in [9.17, 15) is 0 Å². The predicted molar refractivity (Wildman–Crippen MR) is 237 cm³/mol. The Morgan fingerprint density at radius 2 is 1.46 bits per heavy atom. The second kappa shape index (κ2) is 13.0. The van der Waals surface area contributed by atoms with E-state index < -0.39 is 0 Å². The zero-order chi connectivity index (χ0) is 37.2. The fraction of sp³-hybridized carbons (Fsp3) is 0.132. The van der Waals surface area contributed by atoms with Crippen LogP contribution in [0, 0.1) is 0 Å². The molecule has 3 atom stereocenters. The van der Waals surface area contributed by atoms with Crippen LogP contribution >= 0.6 is 0 Å². The normalized spacial score (nSPS) is 20.8. The molecule has 0 radical (unpaired) electrons. The number of fused-ring (bicyclic) bond motifs is 7. The van der Waals surface area contributed by atoms with Crippen molar-refractivity contribution in [2.75, 3.05) is 9.80 Å². The molecule has 3 nitrogen and oxygen atoms in total. The van der Waals surface area contributed by atoms with Gasteiger partial charge in [-0.3, -0.25) is 0 Å². The topological polar surface area (TPSA) is 11.4 Å². The van der Waals surface area contributed by atoms with Gasteiger partial charge in [-0.1, -0.05) is 152 Å². The molecule has 0 bridgehead atoms. The molecule has 0 N–H and O–H groups in total. The van der Waals surface area contributed by atoms with Crippen molar-refractivity contribution >= 4 is 61.6 Å². The summed E-state index contributed by atoms with van der Waals surface area (Å²) in [5.41, 5.74) is 14.0. The van der Waals surface area contributed by atoms with Crippen LogP contribution in [0.2, 0.25) is 0 Å². The fourth-order valence-electron chi connectivity index (χ4n) is 10.0. The van der Waals surface area contributed by atoms with E-state index >= 15 is 0 Å². The molecular formula is C53H43N3. The molecule has 4 aliphatic rings. The van der Waals surface area contributed by atoms with Crippen molar-refractivity contribution in [1.29, 1.82) is 0 Å². The average molecular weight is 722 g/mol. The molecular weight excluding hydrogens is 679 g/mol. The van der Waals surface area contributed by atoms with E-state index in [0.29, 0.717) is 0 Å². The Hall–Kier alpha value is -6.58. The van der Waals surface area contributed by atoms with Crippen molar-refractivity contribution in [2.24, 2.45) is 0 Å². The highest BCUT2D eigenvalue weighted by Crippen LogP contribution is 2.56. The van der Waals surface area contributed by atoms with Gasteiger partial charge in [-0.2, -0.15) is 0 Å². The maximum Gasteiger partial charge on any atom is 0.0783 e. The lowest BCUT2D eigenvalue weighted by Crippen LogP contribution is -2.40. The van der Waals surface area contributed by atoms with Gasteiger partial charge in [0.05, 0.1) is 23.3 Å². The molecule has 7 aromatic rings. The summed E-state index contributed by atoms with van der Waals surface area (Å²) >= 11 is 0. The Morgan fingerprint density at radius 1 is 0.679 bits per heavy atom. The number of rotatable bonds is 6. The van der Waals surface area contributed by atoms with Crippen molar-refractivity contribution in [3.63, 3.8) is 0 Å². The van der Waals surface area contributed by atoms with E-state index in [1.807, 2.05) is 0 Å². The number of hydrogen-bond donors (Lipinski definition) is 0. The Labute approximate surface area is 329 Å². The number of allylic oxidation sites excluding steroid dienone is 6. The molecule has 0 saturated carbocycles. The summed E-state index contributed by atoms with van der Waals surface area (Å²) in [5.74, 6) is 0. The third kappa shape index (κ3) is 5.11.